The first-order valence-corrected chi connectivity index (χ1v) is 11.9. The van der Waals surface area contributed by atoms with Gasteiger partial charge in [0, 0.05) is 11.6 Å². The number of fused-ring (bicyclic) bond motifs is 2. The number of hydrogen-bond donors (Lipinski definition) is 1. The highest BCUT2D eigenvalue weighted by Crippen LogP contribution is 2.33. The molecule has 0 aliphatic carbocycles. The van der Waals surface area contributed by atoms with Crippen LogP contribution in [0.1, 0.15) is 18.1 Å². The van der Waals surface area contributed by atoms with Crippen molar-refractivity contribution in [3.63, 3.8) is 0 Å². The number of nitrogens with zero attached hydrogens (tertiary/aromatic N) is 2. The summed E-state index contributed by atoms with van der Waals surface area (Å²) >= 11 is 7.63. The second-order valence-electron chi connectivity index (χ2n) is 7.76. The lowest BCUT2D eigenvalue weighted by Gasteiger charge is -2.14. The third kappa shape index (κ3) is 4.79. The average molecular weight is 480 g/mol. The van der Waals surface area contributed by atoms with Crippen LogP contribution in [0, 0.1) is 0 Å². The number of ether oxygens (including phenoxy) is 2. The maximum Gasteiger partial charge on any atom is 0.233 e. The van der Waals surface area contributed by atoms with E-state index in [1.807, 2.05) is 61.5 Å². The molecule has 1 aliphatic heterocycles. The fourth-order valence-corrected chi connectivity index (χ4v) is 4.80. The molecule has 0 fully saturated rings. The van der Waals surface area contributed by atoms with Gasteiger partial charge in [-0.3, -0.25) is 4.79 Å². The Morgan fingerprint density at radius 2 is 1.91 bits per heavy atom. The Morgan fingerprint density at radius 3 is 2.76 bits per heavy atom. The summed E-state index contributed by atoms with van der Waals surface area (Å²) in [5.41, 5.74) is 3.91. The summed E-state index contributed by atoms with van der Waals surface area (Å²) in [6.45, 7) is 3.19. The number of thioether (sulfide) groups is 1. The van der Waals surface area contributed by atoms with Crippen LogP contribution in [0.15, 0.2) is 71.9 Å². The summed E-state index contributed by atoms with van der Waals surface area (Å²) in [7, 11) is 0. The van der Waals surface area contributed by atoms with E-state index in [2.05, 4.69) is 22.0 Å². The zero-order valence-electron chi connectivity index (χ0n) is 18.0. The van der Waals surface area contributed by atoms with Gasteiger partial charge in [-0.2, -0.15) is 0 Å². The van der Waals surface area contributed by atoms with Crippen molar-refractivity contribution in [1.29, 1.82) is 0 Å². The van der Waals surface area contributed by atoms with Crippen LogP contribution in [0.5, 0.6) is 11.5 Å². The Morgan fingerprint density at radius 1 is 1.09 bits per heavy atom. The molecule has 0 saturated carbocycles. The fraction of sp³-hybridized carbons (Fsp3) is 0.200. The molecule has 33 heavy (non-hydrogen) atoms. The van der Waals surface area contributed by atoms with E-state index in [-0.39, 0.29) is 18.0 Å². The summed E-state index contributed by atoms with van der Waals surface area (Å²) in [5.74, 6) is 1.37. The van der Waals surface area contributed by atoms with E-state index >= 15 is 0 Å². The number of rotatable bonds is 7. The van der Waals surface area contributed by atoms with Crippen molar-refractivity contribution in [1.82, 2.24) is 14.9 Å². The van der Waals surface area contributed by atoms with E-state index < -0.39 is 0 Å². The van der Waals surface area contributed by atoms with Gasteiger partial charge in [-0.1, -0.05) is 59.8 Å². The summed E-state index contributed by atoms with van der Waals surface area (Å²) in [5, 5.41) is 4.09. The third-order valence-corrected chi connectivity index (χ3v) is 6.74. The van der Waals surface area contributed by atoms with E-state index in [9.17, 15) is 4.79 Å². The van der Waals surface area contributed by atoms with Gasteiger partial charge in [-0.05, 0) is 48.4 Å². The van der Waals surface area contributed by atoms with Gasteiger partial charge in [-0.25, -0.2) is 4.98 Å². The Bertz CT molecular complexity index is 1310. The highest BCUT2D eigenvalue weighted by atomic mass is 35.5. The molecule has 1 N–H and O–H groups in total. The van der Waals surface area contributed by atoms with E-state index in [4.69, 9.17) is 26.1 Å². The number of amides is 1. The van der Waals surface area contributed by atoms with Crippen LogP contribution in [0.4, 0.5) is 0 Å². The monoisotopic (exact) mass is 479 g/mol. The SMILES string of the molecule is CC(Sc1nc2cc(Cl)ccc2n1Cc1ccccc1)C(=O)NCc1ccc2c(c1)OCO2. The molecular weight excluding hydrogens is 458 g/mol. The first-order chi connectivity index (χ1) is 16.1. The van der Waals surface area contributed by atoms with E-state index in [1.165, 1.54) is 11.8 Å². The molecule has 1 atom stereocenters. The number of aromatic nitrogens is 2. The van der Waals surface area contributed by atoms with E-state index in [0.29, 0.717) is 23.9 Å². The van der Waals surface area contributed by atoms with Gasteiger partial charge < -0.3 is 19.4 Å². The number of carbonyl (C=O) groups excluding carboxylic acids is 1. The smallest absolute Gasteiger partial charge is 0.233 e. The number of benzene rings is 3. The number of hydrogen-bond acceptors (Lipinski definition) is 5. The molecule has 1 aliphatic rings. The number of imidazole rings is 1. The van der Waals surface area contributed by atoms with Crippen molar-refractivity contribution in [3.05, 3.63) is 82.9 Å². The van der Waals surface area contributed by atoms with Crippen LogP contribution >= 0.6 is 23.4 Å². The van der Waals surface area contributed by atoms with Crippen molar-refractivity contribution in [2.75, 3.05) is 6.79 Å². The molecule has 3 aromatic carbocycles. The molecule has 0 radical (unpaired) electrons. The van der Waals surface area contributed by atoms with Gasteiger partial charge in [0.1, 0.15) is 0 Å². The first-order valence-electron chi connectivity index (χ1n) is 10.6. The standard InChI is InChI=1S/C25H22ClN3O3S/c1-16(24(30)27-13-18-7-10-22-23(11-18)32-15-31-22)33-25-28-20-12-19(26)8-9-21(20)29(25)14-17-5-3-2-4-6-17/h2-12,16H,13-15H2,1H3,(H,27,30). The Kier molecular flexibility index (Phi) is 6.15. The molecule has 5 rings (SSSR count). The van der Waals surface area contributed by atoms with Crippen molar-refractivity contribution in [2.45, 2.75) is 30.4 Å². The minimum Gasteiger partial charge on any atom is -0.454 e. The molecule has 0 bridgehead atoms. The van der Waals surface area contributed by atoms with Crippen molar-refractivity contribution in [2.24, 2.45) is 0 Å². The summed E-state index contributed by atoms with van der Waals surface area (Å²) in [4.78, 5) is 17.6. The Labute approximate surface area is 200 Å². The van der Waals surface area contributed by atoms with Crippen LogP contribution in [-0.2, 0) is 17.9 Å². The molecule has 1 aromatic heterocycles. The maximum atomic E-state index is 12.8. The molecule has 8 heteroatoms. The number of halogens is 1. The van der Waals surface area contributed by atoms with Crippen LogP contribution in [0.2, 0.25) is 5.02 Å². The molecule has 4 aromatic rings. The van der Waals surface area contributed by atoms with Crippen LogP contribution in [-0.4, -0.2) is 27.5 Å². The highest BCUT2D eigenvalue weighted by Gasteiger charge is 2.20. The van der Waals surface area contributed by atoms with Gasteiger partial charge in [0.25, 0.3) is 0 Å². The van der Waals surface area contributed by atoms with Gasteiger partial charge in [0.15, 0.2) is 16.7 Å². The molecule has 0 spiro atoms. The topological polar surface area (TPSA) is 65.4 Å². The summed E-state index contributed by atoms with van der Waals surface area (Å²) in [6, 6.07) is 21.6. The average Bonchev–Trinajstić information content (AvgIpc) is 3.42. The van der Waals surface area contributed by atoms with Gasteiger partial charge in [0.05, 0.1) is 22.8 Å². The minimum absolute atomic E-state index is 0.0611. The number of nitrogens with one attached hydrogen (secondary N) is 1. The zero-order valence-corrected chi connectivity index (χ0v) is 19.5. The van der Waals surface area contributed by atoms with Crippen LogP contribution in [0.3, 0.4) is 0 Å². The summed E-state index contributed by atoms with van der Waals surface area (Å²) < 4.78 is 12.9. The molecule has 6 nitrogen and oxygen atoms in total. The zero-order chi connectivity index (χ0) is 22.8. The molecular formula is C25H22ClN3O3S. The third-order valence-electron chi connectivity index (χ3n) is 5.41. The van der Waals surface area contributed by atoms with E-state index in [0.717, 1.165) is 33.1 Å². The van der Waals surface area contributed by atoms with Crippen molar-refractivity contribution < 1.29 is 14.3 Å². The Hall–Kier alpha value is -3.16. The predicted molar refractivity (Wildman–Crippen MR) is 130 cm³/mol. The lowest BCUT2D eigenvalue weighted by Crippen LogP contribution is -2.30. The lowest BCUT2D eigenvalue weighted by molar-refractivity contribution is -0.120. The predicted octanol–water partition coefficient (Wildman–Crippen LogP) is 5.26. The quantitative estimate of drug-likeness (QED) is 0.366. The van der Waals surface area contributed by atoms with Crippen molar-refractivity contribution >= 4 is 40.3 Å². The molecule has 168 valence electrons. The largest absolute Gasteiger partial charge is 0.454 e. The second-order valence-corrected chi connectivity index (χ2v) is 9.51. The summed E-state index contributed by atoms with van der Waals surface area (Å²) in [6.07, 6.45) is 0. The van der Waals surface area contributed by atoms with Gasteiger partial charge in [-0.15, -0.1) is 0 Å². The maximum absolute atomic E-state index is 12.8. The van der Waals surface area contributed by atoms with Gasteiger partial charge in [0.2, 0.25) is 12.7 Å². The Balaban J connectivity index is 1.32. The van der Waals surface area contributed by atoms with E-state index in [1.54, 1.807) is 0 Å². The molecule has 0 saturated heterocycles. The van der Waals surface area contributed by atoms with Crippen LogP contribution in [0.25, 0.3) is 11.0 Å². The second kappa shape index (κ2) is 9.37. The molecule has 1 amide bonds. The normalized spacial score (nSPS) is 13.3. The number of carbonyl (C=O) groups is 1. The minimum atomic E-state index is -0.333. The fourth-order valence-electron chi connectivity index (χ4n) is 3.69. The van der Waals surface area contributed by atoms with Crippen molar-refractivity contribution in [3.8, 4) is 11.5 Å². The first kappa shape index (κ1) is 21.7. The molecule has 1 unspecified atom stereocenters. The lowest BCUT2D eigenvalue weighted by atomic mass is 10.2. The highest BCUT2D eigenvalue weighted by molar-refractivity contribution is 8.00. The van der Waals surface area contributed by atoms with Gasteiger partial charge >= 0.3 is 0 Å². The molecule has 2 heterocycles. The van der Waals surface area contributed by atoms with Crippen LogP contribution < -0.4 is 14.8 Å².